The smallest absolute Gasteiger partial charge is 0.307 e. The number of anilines is 1. The molecule has 2 aromatic rings. The van der Waals surface area contributed by atoms with Gasteiger partial charge in [-0.1, -0.05) is 53.6 Å². The monoisotopic (exact) mass is 342 g/mol. The zero-order valence-corrected chi connectivity index (χ0v) is 16.0. The van der Waals surface area contributed by atoms with Crippen LogP contribution in [0.25, 0.3) is 0 Å². The summed E-state index contributed by atoms with van der Waals surface area (Å²) < 4.78 is 0. The van der Waals surface area contributed by atoms with Gasteiger partial charge in [-0.05, 0) is 30.2 Å². The molecule has 0 saturated heterocycles. The topological polar surface area (TPSA) is 63.3 Å². The van der Waals surface area contributed by atoms with Crippen molar-refractivity contribution < 1.29 is 9.90 Å². The van der Waals surface area contributed by atoms with E-state index in [1.807, 2.05) is 31.2 Å². The number of rotatable bonds is 4. The summed E-state index contributed by atoms with van der Waals surface area (Å²) >= 11 is 11.5. The molecule has 0 atom stereocenters. The number of hydrogen-bond donors (Lipinski definition) is 2. The van der Waals surface area contributed by atoms with Gasteiger partial charge >= 0.3 is 5.97 Å². The molecular weight excluding hydrogens is 329 g/mol. The van der Waals surface area contributed by atoms with E-state index in [2.05, 4.69) is 0 Å². The minimum Gasteiger partial charge on any atom is -0.481 e. The first-order chi connectivity index (χ1) is 9.88. The van der Waals surface area contributed by atoms with E-state index in [-0.39, 0.29) is 36.0 Å². The number of carbonyl (C=O) groups is 1. The fourth-order valence-electron chi connectivity index (χ4n) is 2.03. The van der Waals surface area contributed by atoms with Gasteiger partial charge in [0.1, 0.15) is 0 Å². The zero-order chi connectivity index (χ0) is 15.6. The van der Waals surface area contributed by atoms with Crippen molar-refractivity contribution in [3.63, 3.8) is 0 Å². The Morgan fingerprint density at radius 1 is 1.27 bits per heavy atom. The Balaban J connectivity index is 0.00000242. The Labute approximate surface area is 161 Å². The van der Waals surface area contributed by atoms with Crippen molar-refractivity contribution in [1.29, 1.82) is 0 Å². The molecule has 0 aliphatic rings. The Bertz CT molecular complexity index is 717. The van der Waals surface area contributed by atoms with Gasteiger partial charge in [0.2, 0.25) is 0 Å². The van der Waals surface area contributed by atoms with Crippen molar-refractivity contribution in [3.05, 3.63) is 63.7 Å². The van der Waals surface area contributed by atoms with E-state index in [9.17, 15) is 4.79 Å². The van der Waals surface area contributed by atoms with Gasteiger partial charge in [-0.15, -0.1) is 0 Å². The predicted octanol–water partition coefficient (Wildman–Crippen LogP) is 3.24. The van der Waals surface area contributed by atoms with Gasteiger partial charge in [0, 0.05) is 45.8 Å². The van der Waals surface area contributed by atoms with E-state index < -0.39 is 5.97 Å². The molecule has 109 valence electrons. The van der Waals surface area contributed by atoms with Crippen LogP contribution in [0.5, 0.6) is 0 Å². The van der Waals surface area contributed by atoms with Gasteiger partial charge in [-0.25, -0.2) is 0 Å². The van der Waals surface area contributed by atoms with Gasteiger partial charge in [0.15, 0.2) is 0 Å². The molecule has 2 aromatic carbocycles. The second-order valence-electron chi connectivity index (χ2n) is 4.79. The minimum atomic E-state index is -0.962. The SMILES string of the molecule is Cc1ccc(C(=S)c2cc(Cl)cc(CC(=O)O)c2N)cc1.[Na]. The molecule has 0 saturated carbocycles. The molecule has 22 heavy (non-hydrogen) atoms. The quantitative estimate of drug-likeness (QED) is 0.387. The molecule has 0 heterocycles. The van der Waals surface area contributed by atoms with E-state index in [1.54, 1.807) is 12.1 Å². The predicted molar refractivity (Wildman–Crippen MR) is 94.9 cm³/mol. The molecule has 0 spiro atoms. The van der Waals surface area contributed by atoms with Crippen LogP contribution < -0.4 is 5.73 Å². The molecule has 2 rings (SSSR count). The summed E-state index contributed by atoms with van der Waals surface area (Å²) in [6, 6.07) is 11.0. The Morgan fingerprint density at radius 3 is 2.41 bits per heavy atom. The number of nitrogens with two attached hydrogens (primary N) is 1. The van der Waals surface area contributed by atoms with E-state index in [1.165, 1.54) is 0 Å². The third-order valence-electron chi connectivity index (χ3n) is 3.13. The molecule has 0 aliphatic heterocycles. The van der Waals surface area contributed by atoms with Crippen molar-refractivity contribution in [2.24, 2.45) is 0 Å². The van der Waals surface area contributed by atoms with E-state index in [4.69, 9.17) is 34.7 Å². The van der Waals surface area contributed by atoms with Crippen molar-refractivity contribution >= 4 is 69.9 Å². The van der Waals surface area contributed by atoms with E-state index in [0.717, 1.165) is 11.1 Å². The van der Waals surface area contributed by atoms with Crippen molar-refractivity contribution in [2.45, 2.75) is 13.3 Å². The molecule has 0 unspecified atom stereocenters. The first-order valence-corrected chi connectivity index (χ1v) is 7.08. The van der Waals surface area contributed by atoms with Gasteiger partial charge in [0.25, 0.3) is 0 Å². The largest absolute Gasteiger partial charge is 0.481 e. The van der Waals surface area contributed by atoms with Gasteiger partial charge in [-0.2, -0.15) is 0 Å². The third kappa shape index (κ3) is 4.54. The average molecular weight is 343 g/mol. The summed E-state index contributed by atoms with van der Waals surface area (Å²) in [5.74, 6) is -0.962. The van der Waals surface area contributed by atoms with Crippen LogP contribution in [0, 0.1) is 6.92 Å². The standard InChI is InChI=1S/C16H14ClNO2S.Na/c1-9-2-4-10(5-3-9)16(21)13-8-12(17)6-11(15(13)18)7-14(19)20;/h2-6,8H,7,18H2,1H3,(H,19,20);. The third-order valence-corrected chi connectivity index (χ3v) is 3.80. The fourth-order valence-corrected chi connectivity index (χ4v) is 2.58. The maximum Gasteiger partial charge on any atom is 0.307 e. The number of carboxylic acids is 1. The molecule has 3 N–H and O–H groups in total. The molecule has 0 aromatic heterocycles. The summed E-state index contributed by atoms with van der Waals surface area (Å²) in [6.45, 7) is 1.99. The second-order valence-corrected chi connectivity index (χ2v) is 5.64. The van der Waals surface area contributed by atoms with Gasteiger partial charge in [0.05, 0.1) is 11.3 Å². The molecular formula is C16H14ClNNaO2S. The first kappa shape index (κ1) is 19.1. The van der Waals surface area contributed by atoms with Gasteiger partial charge in [-0.3, -0.25) is 4.79 Å². The van der Waals surface area contributed by atoms with Gasteiger partial charge < -0.3 is 10.8 Å². The average Bonchev–Trinajstić information content (AvgIpc) is 2.42. The molecule has 0 fully saturated rings. The van der Waals surface area contributed by atoms with Crippen molar-refractivity contribution in [1.82, 2.24) is 0 Å². The van der Waals surface area contributed by atoms with Crippen LogP contribution in [-0.2, 0) is 11.2 Å². The Hall–Kier alpha value is -0.910. The number of carboxylic acid groups (broad SMARTS) is 1. The number of thiocarbonyl (C=S) groups is 1. The van der Waals surface area contributed by atoms with Crippen LogP contribution in [0.3, 0.4) is 0 Å². The first-order valence-electron chi connectivity index (χ1n) is 6.29. The number of hydrogen-bond acceptors (Lipinski definition) is 3. The Kier molecular flexibility index (Phi) is 7.03. The minimum absolute atomic E-state index is 0. The zero-order valence-electron chi connectivity index (χ0n) is 12.4. The summed E-state index contributed by atoms with van der Waals surface area (Å²) in [7, 11) is 0. The van der Waals surface area contributed by atoms with Crippen LogP contribution in [0.4, 0.5) is 5.69 Å². The maximum atomic E-state index is 10.9. The molecule has 3 nitrogen and oxygen atoms in total. The molecule has 0 aliphatic carbocycles. The summed E-state index contributed by atoms with van der Waals surface area (Å²) in [4.78, 5) is 11.4. The molecule has 0 bridgehead atoms. The second kappa shape index (κ2) is 8.09. The Morgan fingerprint density at radius 2 is 1.86 bits per heavy atom. The number of aliphatic carboxylic acids is 1. The van der Waals surface area contributed by atoms with Crippen LogP contribution in [-0.4, -0.2) is 45.5 Å². The summed E-state index contributed by atoms with van der Waals surface area (Å²) in [5, 5.41) is 9.35. The number of halogens is 1. The van der Waals surface area contributed by atoms with Crippen LogP contribution in [0.1, 0.15) is 22.3 Å². The summed E-state index contributed by atoms with van der Waals surface area (Å²) in [5.41, 5.74) is 9.48. The van der Waals surface area contributed by atoms with Crippen LogP contribution in [0.2, 0.25) is 5.02 Å². The molecule has 1 radical (unpaired) electrons. The fraction of sp³-hybridized carbons (Fsp3) is 0.125. The van der Waals surface area contributed by atoms with Crippen molar-refractivity contribution in [3.8, 4) is 0 Å². The van der Waals surface area contributed by atoms with Crippen molar-refractivity contribution in [2.75, 3.05) is 5.73 Å². The summed E-state index contributed by atoms with van der Waals surface area (Å²) in [6.07, 6.45) is -0.185. The van der Waals surface area contributed by atoms with E-state index in [0.29, 0.717) is 26.7 Å². The normalized spacial score (nSPS) is 9.91. The van der Waals surface area contributed by atoms with Crippen LogP contribution in [0.15, 0.2) is 36.4 Å². The van der Waals surface area contributed by atoms with E-state index >= 15 is 0 Å². The number of benzene rings is 2. The maximum absolute atomic E-state index is 10.9. The molecule has 6 heteroatoms. The number of nitrogen functional groups attached to an aromatic ring is 1. The molecule has 0 amide bonds. The van der Waals surface area contributed by atoms with Crippen LogP contribution >= 0.6 is 23.8 Å². The number of aryl methyl sites for hydroxylation is 1.